The number of hydrogen-bond donors (Lipinski definition) is 11. The van der Waals surface area contributed by atoms with Crippen LogP contribution in [-0.2, 0) is 66.5 Å². The number of nitrogens with zero attached hydrogens (tertiary/aromatic N) is 7. The van der Waals surface area contributed by atoms with Gasteiger partial charge >= 0.3 is 17.7 Å². The maximum atomic E-state index is 14.4. The van der Waals surface area contributed by atoms with Crippen molar-refractivity contribution >= 4 is 97.7 Å². The number of methoxy groups -OCH3 is 3. The van der Waals surface area contributed by atoms with Crippen molar-refractivity contribution in [2.24, 2.45) is 57.4 Å². The molecule has 5 aromatic carbocycles. The molecule has 1 aliphatic carbocycles. The molecular weight excluding hydrogens is 1890 g/mol. The lowest BCUT2D eigenvalue weighted by molar-refractivity contribution is -0.319. The summed E-state index contributed by atoms with van der Waals surface area (Å²) in [5.74, 6) is -12.8. The largest absolute Gasteiger partial charge is 0.507 e. The van der Waals surface area contributed by atoms with E-state index in [-0.39, 0.29) is 87.7 Å². The molecule has 9 aliphatic rings. The summed E-state index contributed by atoms with van der Waals surface area (Å²) in [6, 6.07) is 27.6. The number of phenolic OH excluding ortho intramolecular Hbond substituents is 3. The van der Waals surface area contributed by atoms with Crippen LogP contribution in [0.2, 0.25) is 10.0 Å². The van der Waals surface area contributed by atoms with Crippen molar-refractivity contribution in [3.63, 3.8) is 0 Å². The molecule has 34 nitrogen and oxygen atoms in total. The SMILES string of the molecule is CC(C)N=c1cc2n(-c3ccc(Cl)cc3)c3ccccc3nc-2cc1Nc1ccc(Cl)cc1.CC[C@H]1OC(=O)[C@H](C)[C@@H](O[C@H]2C[C@@](C)(OC)[C@@H](O)[C@H](C)O2)[C@H](C)[C@@H](O[C@@H]2O[C@H](C)C[C@H](N(C)C)[C@H]2O)[C@](C)(OC)C[C@@H](C)C(=O)[C@H](C)[C@@H](O)[C@]1(C)O.CO[C@H]1/C=C/O[C@@]2(C)Oc3c(C)c(O)c4c(O)c(c(/C=N\N5CCN(C)CC5)c(O)c4c3C2=O)NC(=O)/C(C)=C\C=C\[C@@H](C)[C@@H](O)[C@@H](C)[C@H](O)[C@H](C)[C@H](OC(C)=O)[C@@H]1C. The number of aromatic nitrogens is 2. The zero-order chi connectivity index (χ0) is 106. The van der Waals surface area contributed by atoms with E-state index in [4.69, 9.17) is 85.3 Å². The minimum atomic E-state index is -2.04. The van der Waals surface area contributed by atoms with Gasteiger partial charge in [0.15, 0.2) is 18.3 Å². The van der Waals surface area contributed by atoms with Crippen molar-refractivity contribution in [1.29, 1.82) is 0 Å². The van der Waals surface area contributed by atoms with Crippen molar-refractivity contribution in [2.45, 2.75) is 285 Å². The van der Waals surface area contributed by atoms with Crippen LogP contribution >= 0.6 is 23.2 Å². The van der Waals surface area contributed by atoms with Gasteiger partial charge < -0.3 is 123 Å². The molecule has 0 unspecified atom stereocenters. The second-order valence-corrected chi connectivity index (χ2v) is 41.7. The fourth-order valence-corrected chi connectivity index (χ4v) is 20.6. The summed E-state index contributed by atoms with van der Waals surface area (Å²) < 4.78 is 69.7. The molecule has 0 aromatic heterocycles. The highest BCUT2D eigenvalue weighted by Crippen LogP contribution is 2.56. The number of esters is 2. The molecule has 8 aliphatic heterocycles. The summed E-state index contributed by atoms with van der Waals surface area (Å²) in [5, 5.41) is 118. The molecule has 4 saturated heterocycles. The zero-order valence-electron chi connectivity index (χ0n) is 87.5. The molecule has 4 fully saturated rings. The van der Waals surface area contributed by atoms with Crippen LogP contribution in [0.1, 0.15) is 179 Å². The van der Waals surface area contributed by atoms with Crippen LogP contribution in [0.3, 0.4) is 0 Å². The normalized spacial score (nSPS) is 33.6. The number of Topliss-reactive ketones (excluding diaryl/α,β-unsaturated/α-hetero) is 2. The van der Waals surface area contributed by atoms with Gasteiger partial charge in [-0.1, -0.05) is 109 Å². The number of allylic oxidation sites excluding steroid dienone is 2. The average Bonchev–Trinajstić information content (AvgIpc) is 1.54. The first-order chi connectivity index (χ1) is 67.7. The Bertz CT molecular complexity index is 5830. The number of fused-ring (bicyclic) bond motifs is 16. The molecule has 36 heteroatoms. The molecule has 0 spiro atoms. The molecular formula is C108H149Cl2N9O25. The highest BCUT2D eigenvalue weighted by Gasteiger charge is 2.56. The zero-order valence-corrected chi connectivity index (χ0v) is 89.0. The number of piperazine rings is 1. The van der Waals surface area contributed by atoms with E-state index in [0.29, 0.717) is 29.6 Å². The summed E-state index contributed by atoms with van der Waals surface area (Å²) in [5.41, 5.74) is 2.00. The number of rotatable bonds is 16. The van der Waals surface area contributed by atoms with Crippen LogP contribution in [0, 0.1) is 54.3 Å². The molecule has 8 heterocycles. The number of cyclic esters (lactones) is 1. The van der Waals surface area contributed by atoms with E-state index in [1.54, 1.807) is 93.3 Å². The van der Waals surface area contributed by atoms with E-state index < -0.39 is 191 Å². The molecule has 1 amide bonds. The Balaban J connectivity index is 0.000000213. The molecule has 0 radical (unpaired) electrons. The number of aliphatic hydroxyl groups is 6. The Hall–Kier alpha value is -9.80. The van der Waals surface area contributed by atoms with E-state index >= 15 is 0 Å². The van der Waals surface area contributed by atoms with E-state index in [2.05, 4.69) is 57.2 Å². The predicted molar refractivity (Wildman–Crippen MR) is 550 cm³/mol. The van der Waals surface area contributed by atoms with Crippen LogP contribution in [0.5, 0.6) is 23.0 Å². The molecule has 0 saturated carbocycles. The van der Waals surface area contributed by atoms with Crippen molar-refractivity contribution in [3.8, 4) is 40.1 Å². The van der Waals surface area contributed by atoms with E-state index in [9.17, 15) is 69.9 Å². The highest BCUT2D eigenvalue weighted by atomic mass is 35.5. The summed E-state index contributed by atoms with van der Waals surface area (Å²) in [6.45, 7) is 36.3. The second-order valence-electron chi connectivity index (χ2n) is 40.9. The Kier molecular flexibility index (Phi) is 38.2. The van der Waals surface area contributed by atoms with Crippen LogP contribution < -0.4 is 20.7 Å². The number of hydrazone groups is 1. The third-order valence-corrected chi connectivity index (χ3v) is 29.9. The van der Waals surface area contributed by atoms with Crippen LogP contribution in [-0.4, -0.2) is 295 Å². The fraction of sp³-hybridized carbons (Fsp3) is 0.574. The highest BCUT2D eigenvalue weighted by molar-refractivity contribution is 6.31. The molecule has 5 aromatic rings. The van der Waals surface area contributed by atoms with Gasteiger partial charge in [-0.25, -0.2) is 4.98 Å². The summed E-state index contributed by atoms with van der Waals surface area (Å²) >= 11 is 12.2. The van der Waals surface area contributed by atoms with Crippen molar-refractivity contribution in [1.82, 2.24) is 24.4 Å². The number of phenols is 3. The molecule has 5 bridgehead atoms. The first kappa shape index (κ1) is 115. The number of hydrogen-bond acceptors (Lipinski definition) is 32. The Morgan fingerprint density at radius 2 is 1.38 bits per heavy atom. The maximum Gasteiger partial charge on any atom is 0.312 e. The third kappa shape index (κ3) is 25.3. The number of likely N-dealkylation sites (N-methyl/N-ethyl adjacent to an activating group) is 2. The van der Waals surface area contributed by atoms with Crippen molar-refractivity contribution in [2.75, 3.05) is 79.3 Å². The number of carbonyl (C=O) groups is 5. The summed E-state index contributed by atoms with van der Waals surface area (Å²) in [7, 11) is 10.2. The topological polar surface area (TPSA) is 445 Å². The standard InChI is InChI=1S/C43H58N4O12.C38H69NO13.C27H22Cl2N4/c1-21-12-11-13-22(2)42(55)45-33-28(20-44-47-17-15-46(9)16-18-47)37(52)30-31(38(33)53)36(51)26(6)40-32(30)41(54)43(8,59-40)57-19-14-29(56-10)23(3)39(58-27(7)48)25(5)35(50)24(4)34(21)49;1-15-26-38(10,45)31(42)21(4)28(40)19(2)17-37(9,47-14)33(52-35-29(41)25(39(11)12)16-20(3)48-35)22(5)30(23(6)34(44)50-26)51-27-18-36(8,46-13)32(43)24(7)49-27;1-17(2)30-24-16-27-25(15-23(24)31-20-11-7-18(28)8-12-20)32-22-5-3-4-6-26(22)33(27)21-13-9-19(29)10-14-21/h11-14,19-21,23-25,29,34-35,39,49-53H,15-18H2,1-10H3,(H,45,55);19-27,29-33,35,41-43,45H,15-18H2,1-14H3;3-17,31H,1-2H3/b12-11+,19-14+,22-13-,44-20-;;/t21-,23-,24-,25+,29+,34-,35+,39-,43+;19-,20-,21+,22+,23-,24+,25+,26-,27+,29-,30+,31-,32+,33-,35+,36-,37-,38-;/m11./s1. The number of amides is 1. The number of nitrogens with one attached hydrogen (secondary N) is 2. The number of aliphatic hydroxyl groups excluding tert-OH is 5. The van der Waals surface area contributed by atoms with Gasteiger partial charge in [-0.2, -0.15) is 5.10 Å². The van der Waals surface area contributed by atoms with Gasteiger partial charge in [0.25, 0.3) is 11.7 Å². The summed E-state index contributed by atoms with van der Waals surface area (Å²) in [6.07, 6.45) is -3.87. The van der Waals surface area contributed by atoms with Gasteiger partial charge in [0.1, 0.15) is 53.0 Å². The third-order valence-electron chi connectivity index (χ3n) is 29.4. The maximum absolute atomic E-state index is 14.4. The van der Waals surface area contributed by atoms with Crippen molar-refractivity contribution in [3.05, 3.63) is 153 Å². The van der Waals surface area contributed by atoms with Crippen LogP contribution in [0.25, 0.3) is 38.9 Å². The van der Waals surface area contributed by atoms with E-state index in [1.165, 1.54) is 80.6 Å². The van der Waals surface area contributed by atoms with Gasteiger partial charge in [0.05, 0.1) is 134 Å². The second kappa shape index (κ2) is 48.0. The Morgan fingerprint density at radius 3 is 1.99 bits per heavy atom. The fourth-order valence-electron chi connectivity index (χ4n) is 20.4. The lowest BCUT2D eigenvalue weighted by Crippen LogP contribution is -2.61. The quantitative estimate of drug-likeness (QED) is 0.0141. The predicted octanol–water partition coefficient (Wildman–Crippen LogP) is 14.3. The first-order valence-electron chi connectivity index (χ1n) is 49.4. The number of para-hydroxylation sites is 2. The summed E-state index contributed by atoms with van der Waals surface area (Å²) in [4.78, 5) is 82.6. The van der Waals surface area contributed by atoms with Gasteiger partial charge in [0.2, 0.25) is 0 Å². The number of ketones is 2. The van der Waals surface area contributed by atoms with Crippen LogP contribution in [0.4, 0.5) is 17.1 Å². The molecule has 14 rings (SSSR count). The van der Waals surface area contributed by atoms with Gasteiger partial charge in [-0.15, -0.1) is 0 Å². The van der Waals surface area contributed by atoms with Gasteiger partial charge in [-0.3, -0.25) is 34.0 Å². The minimum Gasteiger partial charge on any atom is -0.507 e. The molecule has 144 heavy (non-hydrogen) atoms. The monoisotopic (exact) mass is 2040 g/mol. The van der Waals surface area contributed by atoms with Gasteiger partial charge in [0, 0.05) is 159 Å². The first-order valence-corrected chi connectivity index (χ1v) is 50.2. The molecule has 11 N–H and O–H groups in total. The lowest BCUT2D eigenvalue weighted by Gasteiger charge is -2.50. The number of ether oxygens (including phenoxy) is 11. The molecule has 27 atom stereocenters. The van der Waals surface area contributed by atoms with E-state index in [1.807, 2.05) is 107 Å². The number of halogens is 2. The number of aromatic hydroxyl groups is 3. The van der Waals surface area contributed by atoms with Crippen LogP contribution in [0.15, 0.2) is 131 Å². The molecule has 790 valence electrons. The van der Waals surface area contributed by atoms with Gasteiger partial charge in [-0.05, 0) is 189 Å². The smallest absolute Gasteiger partial charge is 0.312 e. The Labute approximate surface area is 854 Å². The lowest BCUT2D eigenvalue weighted by atomic mass is 9.74. The average molecular weight is 2040 g/mol. The van der Waals surface area contributed by atoms with E-state index in [0.717, 1.165) is 57.9 Å². The number of anilines is 3. The minimum absolute atomic E-state index is 0.0559. The number of benzene rings is 6. The number of carbonyl (C=O) groups excluding carboxylic acids is 5. The Morgan fingerprint density at radius 1 is 0.736 bits per heavy atom. The van der Waals surface area contributed by atoms with Crippen molar-refractivity contribution < 1.29 is 122 Å².